The molecule has 0 atom stereocenters. The molecule has 0 unspecified atom stereocenters. The Morgan fingerprint density at radius 3 is 2.50 bits per heavy atom. The van der Waals surface area contributed by atoms with Crippen molar-refractivity contribution in [2.45, 2.75) is 23.4 Å². The average Bonchev–Trinajstić information content (AvgIpc) is 2.67. The lowest BCUT2D eigenvalue weighted by atomic mass is 10.2. The number of rotatable bonds is 5. The Morgan fingerprint density at radius 2 is 1.82 bits per heavy atom. The van der Waals surface area contributed by atoms with E-state index in [9.17, 15) is 18.0 Å². The zero-order valence-corrected chi connectivity index (χ0v) is 17.2. The molecule has 2 aromatic carbocycles. The molecule has 3 aromatic rings. The highest BCUT2D eigenvalue weighted by Gasteiger charge is 2.20. The van der Waals surface area contributed by atoms with E-state index in [1.165, 1.54) is 12.1 Å². The van der Waals surface area contributed by atoms with E-state index in [4.69, 9.17) is 0 Å². The molecular formula is C19H16BrN3O4S. The van der Waals surface area contributed by atoms with Crippen LogP contribution in [0.3, 0.4) is 0 Å². The fourth-order valence-corrected chi connectivity index (χ4v) is 3.92. The molecule has 28 heavy (non-hydrogen) atoms. The van der Waals surface area contributed by atoms with Crippen LogP contribution in [0.5, 0.6) is 0 Å². The van der Waals surface area contributed by atoms with Gasteiger partial charge >= 0.3 is 0 Å². The molecule has 0 radical (unpaired) electrons. The first-order valence-corrected chi connectivity index (χ1v) is 10.5. The van der Waals surface area contributed by atoms with E-state index in [0.29, 0.717) is 5.69 Å². The summed E-state index contributed by atoms with van der Waals surface area (Å²) in [6, 6.07) is 15.3. The molecule has 0 fully saturated rings. The first-order chi connectivity index (χ1) is 13.3. The second-order valence-electron chi connectivity index (χ2n) is 6.00. The standard InChI is InChI=1S/C19H16BrN3O4S/c1-13-11-14(7-8-16(13)20)21-17(24)12-23-19(25)10-9-18(22-23)28(26,27)15-5-3-2-4-6-15/h2-11H,12H2,1H3,(H,21,24). The Labute approximate surface area is 170 Å². The summed E-state index contributed by atoms with van der Waals surface area (Å²) in [7, 11) is -3.89. The number of aryl methyl sites for hydroxylation is 1. The molecule has 1 N–H and O–H groups in total. The van der Waals surface area contributed by atoms with Gasteiger partial charge in [-0.2, -0.15) is 5.10 Å². The largest absolute Gasteiger partial charge is 0.324 e. The number of benzene rings is 2. The van der Waals surface area contributed by atoms with Gasteiger partial charge in [-0.25, -0.2) is 13.1 Å². The molecule has 0 aliphatic carbocycles. The van der Waals surface area contributed by atoms with Crippen molar-refractivity contribution in [3.05, 3.63) is 81.1 Å². The zero-order chi connectivity index (χ0) is 20.3. The highest BCUT2D eigenvalue weighted by Crippen LogP contribution is 2.20. The molecule has 3 rings (SSSR count). The number of halogens is 1. The van der Waals surface area contributed by atoms with Crippen LogP contribution in [0, 0.1) is 6.92 Å². The van der Waals surface area contributed by atoms with Crippen LogP contribution in [0.1, 0.15) is 5.56 Å². The molecule has 1 amide bonds. The number of carbonyl (C=O) groups is 1. The Hall–Kier alpha value is -2.78. The number of aromatic nitrogens is 2. The van der Waals surface area contributed by atoms with Crippen molar-refractivity contribution < 1.29 is 13.2 Å². The number of nitrogens with one attached hydrogen (secondary N) is 1. The van der Waals surface area contributed by atoms with Gasteiger partial charge in [0.05, 0.1) is 4.90 Å². The minimum absolute atomic E-state index is 0.0579. The summed E-state index contributed by atoms with van der Waals surface area (Å²) >= 11 is 3.38. The predicted octanol–water partition coefficient (Wildman–Crippen LogP) is 2.79. The lowest BCUT2D eigenvalue weighted by Gasteiger charge is -2.09. The van der Waals surface area contributed by atoms with E-state index in [2.05, 4.69) is 26.3 Å². The third kappa shape index (κ3) is 4.37. The van der Waals surface area contributed by atoms with Crippen LogP contribution >= 0.6 is 15.9 Å². The van der Waals surface area contributed by atoms with E-state index >= 15 is 0 Å². The van der Waals surface area contributed by atoms with Crippen molar-refractivity contribution in [2.75, 3.05) is 5.32 Å². The molecule has 0 saturated carbocycles. The van der Waals surface area contributed by atoms with Crippen molar-refractivity contribution in [1.29, 1.82) is 0 Å². The van der Waals surface area contributed by atoms with Crippen molar-refractivity contribution in [3.8, 4) is 0 Å². The number of hydrogen-bond donors (Lipinski definition) is 1. The fraction of sp³-hybridized carbons (Fsp3) is 0.105. The molecule has 9 heteroatoms. The highest BCUT2D eigenvalue weighted by atomic mass is 79.9. The minimum Gasteiger partial charge on any atom is -0.324 e. The Kier molecular flexibility index (Phi) is 5.76. The number of sulfone groups is 1. The van der Waals surface area contributed by atoms with Crippen LogP contribution in [-0.4, -0.2) is 24.1 Å². The van der Waals surface area contributed by atoms with Gasteiger partial charge in [-0.1, -0.05) is 34.1 Å². The third-order valence-electron chi connectivity index (χ3n) is 3.91. The molecule has 1 heterocycles. The number of nitrogens with zero attached hydrogens (tertiary/aromatic N) is 2. The molecule has 0 aliphatic heterocycles. The van der Waals surface area contributed by atoms with Gasteiger partial charge in [0.2, 0.25) is 15.7 Å². The van der Waals surface area contributed by atoms with Crippen molar-refractivity contribution in [2.24, 2.45) is 0 Å². The van der Waals surface area contributed by atoms with Gasteiger partial charge in [-0.15, -0.1) is 0 Å². The molecule has 1 aromatic heterocycles. The van der Waals surface area contributed by atoms with Crippen molar-refractivity contribution in [1.82, 2.24) is 9.78 Å². The van der Waals surface area contributed by atoms with Crippen LogP contribution in [0.15, 0.2) is 79.9 Å². The molecular weight excluding hydrogens is 446 g/mol. The van der Waals surface area contributed by atoms with Gasteiger partial charge in [-0.3, -0.25) is 9.59 Å². The summed E-state index contributed by atoms with van der Waals surface area (Å²) in [5, 5.41) is 6.25. The number of hydrogen-bond acceptors (Lipinski definition) is 5. The van der Waals surface area contributed by atoms with E-state index in [1.54, 1.807) is 36.4 Å². The van der Waals surface area contributed by atoms with Gasteiger partial charge in [0.1, 0.15) is 6.54 Å². The molecule has 0 aliphatic rings. The summed E-state index contributed by atoms with van der Waals surface area (Å²) in [5.41, 5.74) is 0.921. The normalized spacial score (nSPS) is 11.2. The molecule has 0 bridgehead atoms. The van der Waals surface area contributed by atoms with Gasteiger partial charge in [-0.05, 0) is 48.9 Å². The van der Waals surface area contributed by atoms with Crippen LogP contribution < -0.4 is 10.9 Å². The van der Waals surface area contributed by atoms with E-state index in [-0.39, 0.29) is 9.92 Å². The minimum atomic E-state index is -3.89. The number of anilines is 1. The highest BCUT2D eigenvalue weighted by molar-refractivity contribution is 9.10. The van der Waals surface area contributed by atoms with Crippen LogP contribution in [0.25, 0.3) is 0 Å². The monoisotopic (exact) mass is 461 g/mol. The average molecular weight is 462 g/mol. The summed E-state index contributed by atoms with van der Waals surface area (Å²) < 4.78 is 27.1. The summed E-state index contributed by atoms with van der Waals surface area (Å²) in [6.07, 6.45) is 0. The topological polar surface area (TPSA) is 98.1 Å². The Balaban J connectivity index is 1.85. The van der Waals surface area contributed by atoms with Crippen molar-refractivity contribution in [3.63, 3.8) is 0 Å². The molecule has 7 nitrogen and oxygen atoms in total. The SMILES string of the molecule is Cc1cc(NC(=O)Cn2nc(S(=O)(=O)c3ccccc3)ccc2=O)ccc1Br. The maximum atomic E-state index is 12.7. The van der Waals surface area contributed by atoms with E-state index in [1.807, 2.05) is 6.92 Å². The van der Waals surface area contributed by atoms with Gasteiger partial charge in [0.15, 0.2) is 5.03 Å². The maximum Gasteiger partial charge on any atom is 0.267 e. The van der Waals surface area contributed by atoms with Gasteiger partial charge in [0, 0.05) is 16.2 Å². The van der Waals surface area contributed by atoms with Crippen LogP contribution in [-0.2, 0) is 21.2 Å². The predicted molar refractivity (Wildman–Crippen MR) is 108 cm³/mol. The number of amides is 1. The fourth-order valence-electron chi connectivity index (χ4n) is 2.47. The first-order valence-electron chi connectivity index (χ1n) is 8.22. The number of carbonyl (C=O) groups excluding carboxylic acids is 1. The lowest BCUT2D eigenvalue weighted by Crippen LogP contribution is -2.30. The maximum absolute atomic E-state index is 12.7. The van der Waals surface area contributed by atoms with E-state index < -0.39 is 27.8 Å². The van der Waals surface area contributed by atoms with Crippen LogP contribution in [0.2, 0.25) is 0 Å². The summed E-state index contributed by atoms with van der Waals surface area (Å²) in [6.45, 7) is 1.47. The smallest absolute Gasteiger partial charge is 0.267 e. The van der Waals surface area contributed by atoms with Crippen molar-refractivity contribution >= 4 is 37.4 Å². The second-order valence-corrected chi connectivity index (χ2v) is 8.75. The quantitative estimate of drug-likeness (QED) is 0.629. The zero-order valence-electron chi connectivity index (χ0n) is 14.8. The van der Waals surface area contributed by atoms with E-state index in [0.717, 1.165) is 26.9 Å². The molecule has 144 valence electrons. The summed E-state index contributed by atoms with van der Waals surface area (Å²) in [5.74, 6) is -0.495. The lowest BCUT2D eigenvalue weighted by molar-refractivity contribution is -0.117. The third-order valence-corrected chi connectivity index (χ3v) is 6.46. The van der Waals surface area contributed by atoms with Gasteiger partial charge < -0.3 is 5.32 Å². The van der Waals surface area contributed by atoms with Crippen LogP contribution in [0.4, 0.5) is 5.69 Å². The second kappa shape index (κ2) is 8.07. The molecule has 0 spiro atoms. The Morgan fingerprint density at radius 1 is 1.11 bits per heavy atom. The first kappa shape index (κ1) is 20.0. The summed E-state index contributed by atoms with van der Waals surface area (Å²) in [4.78, 5) is 24.4. The Bertz CT molecular complexity index is 1190. The van der Waals surface area contributed by atoms with Gasteiger partial charge in [0.25, 0.3) is 5.56 Å². The molecule has 0 saturated heterocycles.